The first-order valence-electron chi connectivity index (χ1n) is 14.1. The van der Waals surface area contributed by atoms with E-state index in [1.165, 1.54) is 13.8 Å². The molecule has 1 fully saturated rings. The number of aromatic nitrogens is 1. The zero-order valence-electron chi connectivity index (χ0n) is 24.6. The number of nitrogens with one attached hydrogen (secondary N) is 4. The van der Waals surface area contributed by atoms with Crippen molar-refractivity contribution in [3.8, 4) is 0 Å². The summed E-state index contributed by atoms with van der Waals surface area (Å²) >= 11 is 0. The average Bonchev–Trinajstić information content (AvgIpc) is 3.35. The highest BCUT2D eigenvalue weighted by molar-refractivity contribution is 5.94. The summed E-state index contributed by atoms with van der Waals surface area (Å²) in [5.74, 6) is -0.974. The minimum atomic E-state index is -1.46. The molecule has 5 N–H and O–H groups in total. The molecule has 1 aliphatic heterocycles. The summed E-state index contributed by atoms with van der Waals surface area (Å²) in [6.07, 6.45) is 2.14. The van der Waals surface area contributed by atoms with Crippen molar-refractivity contribution >= 4 is 34.7 Å². The number of fused-ring (bicyclic) bond motifs is 1. The van der Waals surface area contributed by atoms with Crippen LogP contribution >= 0.6 is 0 Å². The fraction of sp³-hybridized carbons (Fsp3) is 0.419. The van der Waals surface area contributed by atoms with Crippen molar-refractivity contribution in [1.82, 2.24) is 31.0 Å². The number of hydrazine groups is 1. The molecule has 224 valence electrons. The zero-order chi connectivity index (χ0) is 30.5. The van der Waals surface area contributed by atoms with E-state index in [2.05, 4.69) is 21.0 Å². The van der Waals surface area contributed by atoms with Crippen LogP contribution in [0.25, 0.3) is 10.9 Å². The predicted octanol–water partition coefficient (Wildman–Crippen LogP) is 2.69. The summed E-state index contributed by atoms with van der Waals surface area (Å²) in [6, 6.07) is 16.6. The van der Waals surface area contributed by atoms with Crippen LogP contribution in [0.1, 0.15) is 37.8 Å². The molecule has 1 unspecified atom stereocenters. The Morgan fingerprint density at radius 3 is 2.31 bits per heavy atom. The van der Waals surface area contributed by atoms with Crippen LogP contribution < -0.4 is 16.1 Å². The standard InChI is InChI=1S/C31H40N6O5/c1-30(2,34-29(41)42)27(39)33-25(18-22-20-32-24-13-9-8-12-23(22)24)26(38)37-16-14-31(15-17-37,28(40)35-36(3)4)19-21-10-6-5-7-11-21/h5-13,20,25,32,34H,14-19H2,1-4H3,(H,33,39)(H,35,40)(H,41,42). The predicted molar refractivity (Wildman–Crippen MR) is 159 cm³/mol. The largest absolute Gasteiger partial charge is 0.465 e. The van der Waals surface area contributed by atoms with Crippen LogP contribution in [0.3, 0.4) is 0 Å². The molecule has 0 bridgehead atoms. The number of piperidine rings is 1. The van der Waals surface area contributed by atoms with Crippen molar-refractivity contribution < 1.29 is 24.3 Å². The molecule has 1 aromatic heterocycles. The van der Waals surface area contributed by atoms with Crippen molar-refractivity contribution in [2.24, 2.45) is 5.41 Å². The number of benzene rings is 2. The second kappa shape index (κ2) is 12.6. The summed E-state index contributed by atoms with van der Waals surface area (Å²) in [6.45, 7) is 3.57. The smallest absolute Gasteiger partial charge is 0.405 e. The van der Waals surface area contributed by atoms with Crippen molar-refractivity contribution in [3.63, 3.8) is 0 Å². The highest BCUT2D eigenvalue weighted by atomic mass is 16.4. The Balaban J connectivity index is 1.57. The molecule has 0 radical (unpaired) electrons. The van der Waals surface area contributed by atoms with Gasteiger partial charge in [-0.15, -0.1) is 0 Å². The number of hydrogen-bond donors (Lipinski definition) is 5. The van der Waals surface area contributed by atoms with Gasteiger partial charge in [-0.1, -0.05) is 48.5 Å². The van der Waals surface area contributed by atoms with Crippen LogP contribution in [0.2, 0.25) is 0 Å². The number of H-pyrrole nitrogens is 1. The second-order valence-electron chi connectivity index (χ2n) is 11.7. The lowest BCUT2D eigenvalue weighted by molar-refractivity contribution is -0.145. The van der Waals surface area contributed by atoms with E-state index in [0.717, 1.165) is 22.0 Å². The van der Waals surface area contributed by atoms with Gasteiger partial charge in [0.2, 0.25) is 17.7 Å². The third-order valence-corrected chi connectivity index (χ3v) is 7.91. The molecule has 0 spiro atoms. The van der Waals surface area contributed by atoms with Crippen molar-refractivity contribution in [2.45, 2.75) is 51.1 Å². The minimum Gasteiger partial charge on any atom is -0.465 e. The number of carbonyl (C=O) groups excluding carboxylic acids is 3. The van der Waals surface area contributed by atoms with Gasteiger partial charge >= 0.3 is 6.09 Å². The van der Waals surface area contributed by atoms with E-state index in [1.807, 2.05) is 60.8 Å². The molecule has 2 heterocycles. The Morgan fingerprint density at radius 1 is 1.02 bits per heavy atom. The molecule has 0 aliphatic carbocycles. The number of amides is 4. The molecule has 42 heavy (non-hydrogen) atoms. The van der Waals surface area contributed by atoms with E-state index in [4.69, 9.17) is 0 Å². The number of aromatic amines is 1. The van der Waals surface area contributed by atoms with E-state index >= 15 is 0 Å². The monoisotopic (exact) mass is 576 g/mol. The summed E-state index contributed by atoms with van der Waals surface area (Å²) in [5.41, 5.74) is 3.57. The summed E-state index contributed by atoms with van der Waals surface area (Å²) in [4.78, 5) is 56.9. The van der Waals surface area contributed by atoms with E-state index in [0.29, 0.717) is 32.4 Å². The lowest BCUT2D eigenvalue weighted by atomic mass is 9.73. The van der Waals surface area contributed by atoms with E-state index in [1.54, 1.807) is 24.0 Å². The Kier molecular flexibility index (Phi) is 9.20. The van der Waals surface area contributed by atoms with Crippen LogP contribution in [0.15, 0.2) is 60.8 Å². The maximum absolute atomic E-state index is 14.0. The summed E-state index contributed by atoms with van der Waals surface area (Å²) in [7, 11) is 3.54. The minimum absolute atomic E-state index is 0.0893. The van der Waals surface area contributed by atoms with Crippen molar-refractivity contribution in [1.29, 1.82) is 0 Å². The Morgan fingerprint density at radius 2 is 1.67 bits per heavy atom. The lowest BCUT2D eigenvalue weighted by Crippen LogP contribution is -2.61. The number of carbonyl (C=O) groups is 4. The van der Waals surface area contributed by atoms with Gasteiger partial charge < -0.3 is 25.6 Å². The van der Waals surface area contributed by atoms with E-state index in [9.17, 15) is 24.3 Å². The molecule has 1 aliphatic rings. The quantitative estimate of drug-likeness (QED) is 0.235. The molecule has 11 nitrogen and oxygen atoms in total. The van der Waals surface area contributed by atoms with Gasteiger partial charge in [-0.25, -0.2) is 9.80 Å². The Bertz CT molecular complexity index is 1430. The van der Waals surface area contributed by atoms with Gasteiger partial charge in [0.1, 0.15) is 11.6 Å². The highest BCUT2D eigenvalue weighted by Crippen LogP contribution is 2.36. The molecular formula is C31H40N6O5. The van der Waals surface area contributed by atoms with E-state index in [-0.39, 0.29) is 18.2 Å². The maximum atomic E-state index is 14.0. The van der Waals surface area contributed by atoms with Crippen LogP contribution in [-0.2, 0) is 27.2 Å². The Labute approximate surface area is 245 Å². The first-order chi connectivity index (χ1) is 19.9. The number of rotatable bonds is 10. The highest BCUT2D eigenvalue weighted by Gasteiger charge is 2.44. The van der Waals surface area contributed by atoms with Crippen molar-refractivity contribution in [2.75, 3.05) is 27.2 Å². The maximum Gasteiger partial charge on any atom is 0.405 e. The SMILES string of the molecule is CN(C)NC(=O)C1(Cc2ccccc2)CCN(C(=O)C(Cc2c[nH]c3ccccc23)NC(=O)C(C)(C)NC(=O)O)CC1. The molecule has 4 amide bonds. The molecule has 2 aromatic carbocycles. The number of hydrogen-bond acceptors (Lipinski definition) is 5. The fourth-order valence-corrected chi connectivity index (χ4v) is 5.55. The normalized spacial score (nSPS) is 15.7. The van der Waals surface area contributed by atoms with Gasteiger partial charge in [-0.05, 0) is 50.3 Å². The van der Waals surface area contributed by atoms with Gasteiger partial charge in [-0.3, -0.25) is 19.8 Å². The zero-order valence-corrected chi connectivity index (χ0v) is 24.6. The molecule has 1 atom stereocenters. The fourth-order valence-electron chi connectivity index (χ4n) is 5.55. The average molecular weight is 577 g/mol. The van der Waals surface area contributed by atoms with Crippen LogP contribution in [0.5, 0.6) is 0 Å². The third kappa shape index (κ3) is 7.09. The number of likely N-dealkylation sites (tertiary alicyclic amines) is 1. The molecule has 0 saturated carbocycles. The van der Waals surface area contributed by atoms with Gasteiger partial charge in [0.25, 0.3) is 0 Å². The van der Waals surface area contributed by atoms with Gasteiger partial charge in [0.05, 0.1) is 5.41 Å². The number of nitrogens with zero attached hydrogens (tertiary/aromatic N) is 2. The van der Waals surface area contributed by atoms with Crippen LogP contribution in [-0.4, -0.2) is 82.6 Å². The number of carboxylic acid groups (broad SMARTS) is 1. The molecule has 1 saturated heterocycles. The molecule has 3 aromatic rings. The second-order valence-corrected chi connectivity index (χ2v) is 11.7. The van der Waals surface area contributed by atoms with Gasteiger partial charge in [-0.2, -0.15) is 0 Å². The molecule has 11 heteroatoms. The van der Waals surface area contributed by atoms with Crippen LogP contribution in [0, 0.1) is 5.41 Å². The third-order valence-electron chi connectivity index (χ3n) is 7.91. The Hall–Kier alpha value is -4.38. The number of para-hydroxylation sites is 1. The lowest BCUT2D eigenvalue weighted by Gasteiger charge is -2.42. The topological polar surface area (TPSA) is 147 Å². The molecule has 4 rings (SSSR count). The van der Waals surface area contributed by atoms with Crippen LogP contribution in [0.4, 0.5) is 4.79 Å². The van der Waals surface area contributed by atoms with Gasteiger partial charge in [0.15, 0.2) is 0 Å². The van der Waals surface area contributed by atoms with Crippen molar-refractivity contribution in [3.05, 3.63) is 71.9 Å². The first-order valence-corrected chi connectivity index (χ1v) is 14.1. The first kappa shape index (κ1) is 30.6. The summed E-state index contributed by atoms with van der Waals surface area (Å²) in [5, 5.41) is 16.8. The summed E-state index contributed by atoms with van der Waals surface area (Å²) < 4.78 is 0. The van der Waals surface area contributed by atoms with Gasteiger partial charge in [0, 0.05) is 50.7 Å². The van der Waals surface area contributed by atoms with E-state index < -0.39 is 29.0 Å². The molecular weight excluding hydrogens is 536 g/mol.